The lowest BCUT2D eigenvalue weighted by atomic mass is 9.64. The molecule has 0 aromatic carbocycles. The van der Waals surface area contributed by atoms with E-state index in [1.807, 2.05) is 20.8 Å². The summed E-state index contributed by atoms with van der Waals surface area (Å²) in [7, 11) is -0.327. The molecule has 122 valence electrons. The average Bonchev–Trinajstić information content (AvgIpc) is 2.43. The number of hydrogen-bond acceptors (Lipinski definition) is 4. The van der Waals surface area contributed by atoms with E-state index in [1.165, 1.54) is 6.42 Å². The molecule has 1 aliphatic heterocycles. The highest BCUT2D eigenvalue weighted by Crippen LogP contribution is 2.41. The van der Waals surface area contributed by atoms with Gasteiger partial charge in [0.25, 0.3) is 0 Å². The van der Waals surface area contributed by atoms with Gasteiger partial charge < -0.3 is 13.9 Å². The fourth-order valence-corrected chi connectivity index (χ4v) is 3.41. The molecule has 2 aliphatic rings. The molecule has 1 heterocycles. The first kappa shape index (κ1) is 17.6. The van der Waals surface area contributed by atoms with Gasteiger partial charge in [0.2, 0.25) is 0 Å². The summed E-state index contributed by atoms with van der Waals surface area (Å²) in [5, 5.41) is 0. The van der Waals surface area contributed by atoms with Crippen molar-refractivity contribution < 1.29 is 13.9 Å². The van der Waals surface area contributed by atoms with Crippen LogP contribution in [0.2, 0.25) is 0 Å². The molecule has 1 N–H and O–H groups in total. The highest BCUT2D eigenvalue weighted by Gasteiger charge is 2.57. The van der Waals surface area contributed by atoms with Gasteiger partial charge in [0.1, 0.15) is 4.75 Å². The summed E-state index contributed by atoms with van der Waals surface area (Å²) in [6, 6.07) is 0. The maximum atomic E-state index is 12.5. The lowest BCUT2D eigenvalue weighted by molar-refractivity contribution is 0.00578. The van der Waals surface area contributed by atoms with Crippen LogP contribution < -0.4 is 4.72 Å². The molecule has 2 fully saturated rings. The van der Waals surface area contributed by atoms with E-state index in [1.54, 1.807) is 0 Å². The van der Waals surface area contributed by atoms with E-state index in [0.717, 1.165) is 12.8 Å². The van der Waals surface area contributed by atoms with E-state index in [9.17, 15) is 4.55 Å². The molecule has 0 spiro atoms. The molecule has 1 saturated heterocycles. The van der Waals surface area contributed by atoms with Crippen LogP contribution in [0, 0.1) is 5.92 Å². The molecule has 2 rings (SSSR count). The largest absolute Gasteiger partial charge is 0.598 e. The van der Waals surface area contributed by atoms with Crippen molar-refractivity contribution in [2.45, 2.75) is 89.6 Å². The Morgan fingerprint density at radius 3 is 1.95 bits per heavy atom. The predicted molar refractivity (Wildman–Crippen MR) is 88.2 cm³/mol. The van der Waals surface area contributed by atoms with Crippen LogP contribution >= 0.6 is 0 Å². The van der Waals surface area contributed by atoms with Crippen molar-refractivity contribution in [1.82, 2.24) is 4.72 Å². The Hall–Kier alpha value is 0.255. The first-order valence-corrected chi connectivity index (χ1v) is 9.13. The first-order chi connectivity index (χ1) is 9.44. The van der Waals surface area contributed by atoms with E-state index in [-0.39, 0.29) is 29.0 Å². The second-order valence-corrected chi connectivity index (χ2v) is 10.3. The van der Waals surface area contributed by atoms with E-state index in [4.69, 9.17) is 9.31 Å². The molecule has 0 bridgehead atoms. The summed E-state index contributed by atoms with van der Waals surface area (Å²) < 4.78 is 27.9. The molecule has 6 heteroatoms. The number of rotatable bonds is 4. The normalized spacial score (nSPS) is 28.3. The average molecular weight is 315 g/mol. The number of hydrogen-bond donors (Lipinski definition) is 1. The van der Waals surface area contributed by atoms with Gasteiger partial charge in [-0.2, -0.15) is 0 Å². The van der Waals surface area contributed by atoms with E-state index < -0.39 is 11.4 Å². The quantitative estimate of drug-likeness (QED) is 0.640. The van der Waals surface area contributed by atoms with Crippen LogP contribution in [-0.4, -0.2) is 33.6 Å². The van der Waals surface area contributed by atoms with Gasteiger partial charge >= 0.3 is 7.12 Å². The second kappa shape index (κ2) is 5.71. The molecule has 2 unspecified atom stereocenters. The van der Waals surface area contributed by atoms with Gasteiger partial charge in [-0.1, -0.05) is 6.42 Å². The van der Waals surface area contributed by atoms with Crippen LogP contribution in [0.1, 0.15) is 67.7 Å². The Balaban J connectivity index is 2.11. The van der Waals surface area contributed by atoms with Crippen LogP contribution in [0.25, 0.3) is 0 Å². The van der Waals surface area contributed by atoms with Gasteiger partial charge in [0.05, 0.1) is 17.1 Å². The minimum Gasteiger partial charge on any atom is -0.598 e. The smallest absolute Gasteiger partial charge is 0.481 e. The summed E-state index contributed by atoms with van der Waals surface area (Å²) in [6.07, 6.45) is 3.55. The lowest BCUT2D eigenvalue weighted by Crippen LogP contribution is -2.56. The van der Waals surface area contributed by atoms with Gasteiger partial charge in [-0.25, -0.2) is 0 Å². The third-order valence-corrected chi connectivity index (χ3v) is 6.62. The Bertz CT molecular complexity index is 364. The molecule has 0 amide bonds. The maximum absolute atomic E-state index is 12.5. The van der Waals surface area contributed by atoms with Crippen LogP contribution in [0.3, 0.4) is 0 Å². The van der Waals surface area contributed by atoms with Crippen molar-refractivity contribution in [3.63, 3.8) is 0 Å². The zero-order chi connectivity index (χ0) is 16.1. The van der Waals surface area contributed by atoms with E-state index in [2.05, 4.69) is 32.4 Å². The van der Waals surface area contributed by atoms with Gasteiger partial charge in [0, 0.05) is 11.4 Å². The van der Waals surface area contributed by atoms with Crippen molar-refractivity contribution in [3.8, 4) is 0 Å². The zero-order valence-corrected chi connectivity index (χ0v) is 15.3. The minimum atomic E-state index is -1.11. The SMILES string of the molecule is CC(C)(C)[S+]([O-])NC(B1OC(C)(C)C(C)(C)O1)C1CCC1. The zero-order valence-electron chi connectivity index (χ0n) is 14.5. The van der Waals surface area contributed by atoms with Crippen LogP contribution in [-0.2, 0) is 20.7 Å². The topological polar surface area (TPSA) is 53.5 Å². The molecular weight excluding hydrogens is 285 g/mol. The molecule has 0 radical (unpaired) electrons. The first-order valence-electron chi connectivity index (χ1n) is 7.98. The molecule has 1 saturated carbocycles. The van der Waals surface area contributed by atoms with Crippen molar-refractivity contribution >= 4 is 18.5 Å². The summed E-state index contributed by atoms with van der Waals surface area (Å²) in [5.74, 6) is 0.492. The maximum Gasteiger partial charge on any atom is 0.481 e. The predicted octanol–water partition coefficient (Wildman–Crippen LogP) is 2.84. The highest BCUT2D eigenvalue weighted by atomic mass is 32.2. The van der Waals surface area contributed by atoms with E-state index >= 15 is 0 Å². The second-order valence-electron chi connectivity index (χ2n) is 8.34. The molecule has 0 aromatic rings. The molecular formula is C15H30BNO3S. The van der Waals surface area contributed by atoms with Gasteiger partial charge in [-0.05, 0) is 67.2 Å². The van der Waals surface area contributed by atoms with Crippen LogP contribution in [0.5, 0.6) is 0 Å². The standard InChI is InChI=1S/C15H30BNO3S/c1-13(2,3)21(18)17-12(11-9-8-10-11)16-19-14(4,5)15(6,7)20-16/h11-12,17H,8-10H2,1-7H3. The molecule has 2 atom stereocenters. The Morgan fingerprint density at radius 2 is 1.62 bits per heavy atom. The van der Waals surface area contributed by atoms with E-state index in [0.29, 0.717) is 5.92 Å². The van der Waals surface area contributed by atoms with Gasteiger partial charge in [-0.15, -0.1) is 4.72 Å². The Labute approximate surface area is 133 Å². The molecule has 1 aliphatic carbocycles. The highest BCUT2D eigenvalue weighted by molar-refractivity contribution is 7.90. The minimum absolute atomic E-state index is 0.000131. The summed E-state index contributed by atoms with van der Waals surface area (Å²) in [5.41, 5.74) is -0.685. The monoisotopic (exact) mass is 315 g/mol. The van der Waals surface area contributed by atoms with Crippen molar-refractivity contribution in [1.29, 1.82) is 0 Å². The van der Waals surface area contributed by atoms with Crippen LogP contribution in [0.15, 0.2) is 0 Å². The summed E-state index contributed by atoms with van der Waals surface area (Å²) >= 11 is -1.11. The summed E-state index contributed by atoms with van der Waals surface area (Å²) in [4.78, 5) is 0. The summed E-state index contributed by atoms with van der Waals surface area (Å²) in [6.45, 7) is 14.2. The lowest BCUT2D eigenvalue weighted by Gasteiger charge is -2.37. The molecule has 4 nitrogen and oxygen atoms in total. The van der Waals surface area contributed by atoms with Crippen LogP contribution in [0.4, 0.5) is 0 Å². The van der Waals surface area contributed by atoms with Crippen molar-refractivity contribution in [3.05, 3.63) is 0 Å². The van der Waals surface area contributed by atoms with Crippen molar-refractivity contribution in [2.75, 3.05) is 0 Å². The molecule has 21 heavy (non-hydrogen) atoms. The van der Waals surface area contributed by atoms with Gasteiger partial charge in [0.15, 0.2) is 0 Å². The van der Waals surface area contributed by atoms with Crippen molar-refractivity contribution in [2.24, 2.45) is 5.92 Å². The third-order valence-electron chi connectivity index (χ3n) is 5.02. The Kier molecular flexibility index (Phi) is 4.79. The van der Waals surface area contributed by atoms with Gasteiger partial charge in [-0.3, -0.25) is 0 Å². The Morgan fingerprint density at radius 1 is 1.14 bits per heavy atom. The molecule has 0 aromatic heterocycles. The fourth-order valence-electron chi connectivity index (χ4n) is 2.51. The fraction of sp³-hybridized carbons (Fsp3) is 1.00. The third kappa shape index (κ3) is 3.61. The number of nitrogens with one attached hydrogen (secondary N) is 1.